The average Bonchev–Trinajstić information content (AvgIpc) is 3.02. The van der Waals surface area contributed by atoms with Gasteiger partial charge in [-0.25, -0.2) is 4.99 Å². The van der Waals surface area contributed by atoms with Crippen molar-refractivity contribution < 1.29 is 5.11 Å². The van der Waals surface area contributed by atoms with E-state index in [1.807, 2.05) is 33.9 Å². The Hall–Kier alpha value is -1.86. The SMILES string of the molecule is C=Nc1c(Br)cnn1/C(NCCCCNC)=C(/C)C/C(C)=C(O)/C=C\CC. The van der Waals surface area contributed by atoms with E-state index in [1.54, 1.807) is 17.0 Å². The molecule has 1 rings (SSSR count). The number of rotatable bonds is 12. The summed E-state index contributed by atoms with van der Waals surface area (Å²) < 4.78 is 2.55. The number of halogens is 1. The van der Waals surface area contributed by atoms with E-state index in [4.69, 9.17) is 0 Å². The quantitative estimate of drug-likeness (QED) is 0.187. The van der Waals surface area contributed by atoms with Gasteiger partial charge in [0.25, 0.3) is 0 Å². The van der Waals surface area contributed by atoms with E-state index in [1.165, 1.54) is 0 Å². The first-order chi connectivity index (χ1) is 13.0. The average molecular weight is 438 g/mol. The van der Waals surface area contributed by atoms with Gasteiger partial charge >= 0.3 is 0 Å². The zero-order valence-electron chi connectivity index (χ0n) is 16.8. The summed E-state index contributed by atoms with van der Waals surface area (Å²) in [6.07, 6.45) is 9.07. The van der Waals surface area contributed by atoms with Crippen LogP contribution >= 0.6 is 15.9 Å². The van der Waals surface area contributed by atoms with Gasteiger partial charge in [0.2, 0.25) is 0 Å². The Labute approximate surface area is 171 Å². The van der Waals surface area contributed by atoms with Gasteiger partial charge in [0, 0.05) is 6.54 Å². The lowest BCUT2D eigenvalue weighted by atomic mass is 10.1. The fourth-order valence-electron chi connectivity index (χ4n) is 2.61. The van der Waals surface area contributed by atoms with Gasteiger partial charge in [-0.15, -0.1) is 0 Å². The summed E-state index contributed by atoms with van der Waals surface area (Å²) in [4.78, 5) is 4.09. The minimum absolute atomic E-state index is 0.313. The molecule has 0 atom stereocenters. The molecular weight excluding hydrogens is 406 g/mol. The van der Waals surface area contributed by atoms with Gasteiger partial charge in [0.05, 0.1) is 10.7 Å². The predicted molar refractivity (Wildman–Crippen MR) is 119 cm³/mol. The molecule has 150 valence electrons. The molecule has 0 unspecified atom stereocenters. The molecule has 3 N–H and O–H groups in total. The number of unbranched alkanes of at least 4 members (excludes halogenated alkanes) is 1. The summed E-state index contributed by atoms with van der Waals surface area (Å²) >= 11 is 3.47. The third-order valence-corrected chi connectivity index (χ3v) is 4.65. The second kappa shape index (κ2) is 12.5. The van der Waals surface area contributed by atoms with Crippen LogP contribution in [0.3, 0.4) is 0 Å². The van der Waals surface area contributed by atoms with Gasteiger partial charge in [-0.3, -0.25) is 0 Å². The largest absolute Gasteiger partial charge is 0.508 e. The predicted octanol–water partition coefficient (Wildman–Crippen LogP) is 4.94. The second-order valence-corrected chi connectivity index (χ2v) is 7.26. The molecule has 0 amide bonds. The molecule has 0 saturated carbocycles. The Kier molecular flexibility index (Phi) is 10.7. The molecule has 0 fully saturated rings. The van der Waals surface area contributed by atoms with E-state index in [2.05, 4.69) is 43.4 Å². The molecule has 7 heteroatoms. The monoisotopic (exact) mass is 437 g/mol. The van der Waals surface area contributed by atoms with Crippen molar-refractivity contribution in [2.24, 2.45) is 4.99 Å². The van der Waals surface area contributed by atoms with E-state index in [0.29, 0.717) is 18.0 Å². The first-order valence-corrected chi connectivity index (χ1v) is 10.1. The number of hydrogen-bond acceptors (Lipinski definition) is 5. The van der Waals surface area contributed by atoms with Gasteiger partial charge in [-0.2, -0.15) is 9.78 Å². The number of aliphatic imine (C=N–C) groups is 1. The smallest absolute Gasteiger partial charge is 0.171 e. The summed E-state index contributed by atoms with van der Waals surface area (Å²) in [5.74, 6) is 1.84. The summed E-state index contributed by atoms with van der Waals surface area (Å²) in [7, 11) is 1.96. The summed E-state index contributed by atoms with van der Waals surface area (Å²) in [6, 6.07) is 0. The highest BCUT2D eigenvalue weighted by atomic mass is 79.9. The van der Waals surface area contributed by atoms with Crippen LogP contribution in [0.5, 0.6) is 0 Å². The van der Waals surface area contributed by atoms with Crippen LogP contribution in [0.25, 0.3) is 5.82 Å². The van der Waals surface area contributed by atoms with Crippen LogP contribution in [0.2, 0.25) is 0 Å². The molecule has 6 nitrogen and oxygen atoms in total. The molecule has 1 aromatic heterocycles. The number of allylic oxidation sites excluding steroid dienone is 4. The van der Waals surface area contributed by atoms with Crippen LogP contribution in [0.15, 0.2) is 44.7 Å². The lowest BCUT2D eigenvalue weighted by molar-refractivity contribution is 0.423. The number of hydrogen-bond donors (Lipinski definition) is 3. The van der Waals surface area contributed by atoms with E-state index in [0.717, 1.165) is 53.8 Å². The minimum Gasteiger partial charge on any atom is -0.508 e. The molecular formula is C20H32BrN5O. The van der Waals surface area contributed by atoms with Gasteiger partial charge in [-0.05, 0) is 93.0 Å². The zero-order chi connectivity index (χ0) is 20.2. The maximum absolute atomic E-state index is 10.2. The highest BCUT2D eigenvalue weighted by Crippen LogP contribution is 2.28. The minimum atomic E-state index is 0.313. The van der Waals surface area contributed by atoms with E-state index in [-0.39, 0.29) is 0 Å². The van der Waals surface area contributed by atoms with Crippen LogP contribution in [0, 0.1) is 0 Å². The lowest BCUT2D eigenvalue weighted by Crippen LogP contribution is -2.22. The first kappa shape index (κ1) is 23.2. The Bertz CT molecular complexity index is 703. The van der Waals surface area contributed by atoms with Crippen molar-refractivity contribution in [3.63, 3.8) is 0 Å². The molecule has 1 heterocycles. The molecule has 0 aliphatic carbocycles. The van der Waals surface area contributed by atoms with E-state index < -0.39 is 0 Å². The molecule has 0 aliphatic heterocycles. The highest BCUT2D eigenvalue weighted by Gasteiger charge is 2.14. The Balaban J connectivity index is 3.12. The molecule has 0 radical (unpaired) electrons. The van der Waals surface area contributed by atoms with E-state index in [9.17, 15) is 5.11 Å². The fourth-order valence-corrected chi connectivity index (χ4v) is 3.00. The molecule has 0 aromatic carbocycles. The summed E-state index contributed by atoms with van der Waals surface area (Å²) in [6.45, 7) is 11.5. The van der Waals surface area contributed by atoms with Crippen LogP contribution in [-0.4, -0.2) is 41.7 Å². The lowest BCUT2D eigenvalue weighted by Gasteiger charge is -2.17. The molecule has 1 aromatic rings. The third-order valence-electron chi connectivity index (χ3n) is 4.09. The number of nitrogens with zero attached hydrogens (tertiary/aromatic N) is 3. The van der Waals surface area contributed by atoms with Crippen LogP contribution in [0.4, 0.5) is 5.82 Å². The van der Waals surface area contributed by atoms with Crippen LogP contribution in [0.1, 0.15) is 46.5 Å². The van der Waals surface area contributed by atoms with Gasteiger partial charge in [0.15, 0.2) is 5.82 Å². The van der Waals surface area contributed by atoms with Crippen molar-refractivity contribution in [2.45, 2.75) is 46.5 Å². The Morgan fingerprint density at radius 1 is 1.33 bits per heavy atom. The summed E-state index contributed by atoms with van der Waals surface area (Å²) in [5, 5.41) is 21.3. The molecule has 0 aliphatic rings. The topological polar surface area (TPSA) is 74.5 Å². The number of aromatic nitrogens is 2. The van der Waals surface area contributed by atoms with Crippen LogP contribution in [-0.2, 0) is 0 Å². The number of nitrogens with one attached hydrogen (secondary N) is 2. The molecule has 0 spiro atoms. The van der Waals surface area contributed by atoms with Crippen molar-refractivity contribution in [3.8, 4) is 0 Å². The Morgan fingerprint density at radius 3 is 2.67 bits per heavy atom. The van der Waals surface area contributed by atoms with Crippen molar-refractivity contribution >= 4 is 34.3 Å². The van der Waals surface area contributed by atoms with Crippen molar-refractivity contribution in [2.75, 3.05) is 20.1 Å². The van der Waals surface area contributed by atoms with Crippen molar-refractivity contribution in [3.05, 3.63) is 39.7 Å². The fraction of sp³-hybridized carbons (Fsp3) is 0.500. The molecule has 0 bridgehead atoms. The van der Waals surface area contributed by atoms with Crippen molar-refractivity contribution in [1.29, 1.82) is 0 Å². The van der Waals surface area contributed by atoms with Gasteiger partial charge in [0.1, 0.15) is 11.6 Å². The third kappa shape index (κ3) is 7.34. The maximum Gasteiger partial charge on any atom is 0.171 e. The van der Waals surface area contributed by atoms with Crippen LogP contribution < -0.4 is 10.6 Å². The zero-order valence-corrected chi connectivity index (χ0v) is 18.4. The van der Waals surface area contributed by atoms with Gasteiger partial charge in [-0.1, -0.05) is 13.0 Å². The molecule has 27 heavy (non-hydrogen) atoms. The normalized spacial score (nSPS) is 13.5. The summed E-state index contributed by atoms with van der Waals surface area (Å²) in [5.41, 5.74) is 1.98. The Morgan fingerprint density at radius 2 is 2.04 bits per heavy atom. The van der Waals surface area contributed by atoms with Gasteiger partial charge < -0.3 is 15.7 Å². The van der Waals surface area contributed by atoms with E-state index >= 15 is 0 Å². The standard InChI is InChI=1S/C20H32BrN5O/c1-6-7-10-18(27)15(2)13-16(3)19(24-12-9-8-11-22-4)26-20(23-5)17(21)14-25-26/h7,10,14,22,24,27H,5-6,8-9,11-13H2,1-4H3/b10-7-,18-15-,19-16-. The first-order valence-electron chi connectivity index (χ1n) is 9.30. The maximum atomic E-state index is 10.2. The second-order valence-electron chi connectivity index (χ2n) is 6.41. The molecule has 0 saturated heterocycles. The number of aliphatic hydroxyl groups excluding tert-OH is 1. The van der Waals surface area contributed by atoms with Crippen molar-refractivity contribution in [1.82, 2.24) is 20.4 Å². The number of aliphatic hydroxyl groups is 1. The highest BCUT2D eigenvalue weighted by molar-refractivity contribution is 9.10.